The Kier molecular flexibility index (Phi) is 5.75. The number of hydrogen-bond donors (Lipinski definition) is 2. The molecule has 2 unspecified atom stereocenters. The van der Waals surface area contributed by atoms with Gasteiger partial charge in [-0.2, -0.15) is 15.4 Å². The van der Waals surface area contributed by atoms with Crippen molar-refractivity contribution in [1.29, 1.82) is 0 Å². The van der Waals surface area contributed by atoms with Crippen molar-refractivity contribution in [3.8, 4) is 0 Å². The Morgan fingerprint density at radius 2 is 2.21 bits per heavy atom. The van der Waals surface area contributed by atoms with Crippen LogP contribution >= 0.6 is 11.6 Å². The van der Waals surface area contributed by atoms with E-state index < -0.39 is 6.04 Å². The van der Waals surface area contributed by atoms with Gasteiger partial charge in [-0.1, -0.05) is 17.7 Å². The van der Waals surface area contributed by atoms with Crippen LogP contribution in [0.2, 0.25) is 5.02 Å². The largest absolute Gasteiger partial charge is 0.376 e. The number of morpholine rings is 1. The van der Waals surface area contributed by atoms with Gasteiger partial charge < -0.3 is 10.1 Å². The van der Waals surface area contributed by atoms with Crippen LogP contribution in [0, 0.1) is 5.82 Å². The molecule has 9 heteroatoms. The van der Waals surface area contributed by atoms with Crippen molar-refractivity contribution < 1.29 is 13.9 Å². The first-order valence-electron chi connectivity index (χ1n) is 9.41. The molecule has 152 valence electrons. The van der Waals surface area contributed by atoms with Crippen molar-refractivity contribution in [2.75, 3.05) is 26.2 Å². The van der Waals surface area contributed by atoms with E-state index in [0.29, 0.717) is 46.9 Å². The topological polar surface area (TPSA) is 83.1 Å². The van der Waals surface area contributed by atoms with Gasteiger partial charge in [0.1, 0.15) is 16.9 Å². The third kappa shape index (κ3) is 4.24. The number of amides is 1. The fourth-order valence-electron chi connectivity index (χ4n) is 3.64. The number of rotatable bonds is 5. The molecule has 0 saturated carbocycles. The van der Waals surface area contributed by atoms with Crippen LogP contribution in [0.25, 0.3) is 11.0 Å². The summed E-state index contributed by atoms with van der Waals surface area (Å²) in [6.45, 7) is 3.97. The van der Waals surface area contributed by atoms with E-state index in [4.69, 9.17) is 16.3 Å². The first kappa shape index (κ1) is 19.8. The number of H-pyrrole nitrogens is 1. The maximum atomic E-state index is 14.7. The summed E-state index contributed by atoms with van der Waals surface area (Å²) in [5.74, 6) is -0.659. The molecule has 0 radical (unpaired) electrons. The second-order valence-corrected chi connectivity index (χ2v) is 7.47. The number of hydrogen-bond acceptors (Lipinski definition) is 5. The minimum atomic E-state index is -0.408. The molecule has 1 saturated heterocycles. The highest BCUT2D eigenvalue weighted by Gasteiger charge is 2.29. The molecule has 1 aliphatic rings. The van der Waals surface area contributed by atoms with E-state index in [1.807, 2.05) is 6.92 Å². The van der Waals surface area contributed by atoms with Crippen LogP contribution < -0.4 is 5.32 Å². The molecular weight excluding hydrogens is 397 g/mol. The summed E-state index contributed by atoms with van der Waals surface area (Å²) < 4.78 is 20.3. The molecule has 4 rings (SSSR count). The summed E-state index contributed by atoms with van der Waals surface area (Å²) in [6, 6.07) is 9.29. The smallest absolute Gasteiger partial charge is 0.251 e. The number of halogens is 2. The molecule has 0 bridgehead atoms. The van der Waals surface area contributed by atoms with Crippen LogP contribution in [0.15, 0.2) is 36.4 Å². The molecule has 1 aromatic heterocycles. The summed E-state index contributed by atoms with van der Waals surface area (Å²) in [4.78, 5) is 14.8. The molecule has 0 aliphatic carbocycles. The van der Waals surface area contributed by atoms with Gasteiger partial charge in [0.2, 0.25) is 0 Å². The van der Waals surface area contributed by atoms with E-state index >= 15 is 0 Å². The van der Waals surface area contributed by atoms with E-state index in [2.05, 4.69) is 25.6 Å². The molecule has 3 aromatic rings. The van der Waals surface area contributed by atoms with Crippen LogP contribution in [-0.4, -0.2) is 58.6 Å². The summed E-state index contributed by atoms with van der Waals surface area (Å²) in [5, 5.41) is 13.8. The molecule has 1 aliphatic heterocycles. The van der Waals surface area contributed by atoms with Crippen LogP contribution in [0.1, 0.15) is 28.9 Å². The zero-order chi connectivity index (χ0) is 20.4. The van der Waals surface area contributed by atoms with Crippen LogP contribution in [0.5, 0.6) is 0 Å². The lowest BCUT2D eigenvalue weighted by atomic mass is 10.0. The molecule has 2 aromatic carbocycles. The average Bonchev–Trinajstić information content (AvgIpc) is 3.17. The average molecular weight is 418 g/mol. The van der Waals surface area contributed by atoms with Crippen molar-refractivity contribution in [3.63, 3.8) is 0 Å². The van der Waals surface area contributed by atoms with Crippen LogP contribution in [0.3, 0.4) is 0 Å². The number of nitrogens with zero attached hydrogens (tertiary/aromatic N) is 3. The van der Waals surface area contributed by atoms with Gasteiger partial charge in [0, 0.05) is 35.8 Å². The van der Waals surface area contributed by atoms with E-state index in [-0.39, 0.29) is 24.4 Å². The Hall–Kier alpha value is -2.55. The second kappa shape index (κ2) is 8.44. The monoisotopic (exact) mass is 417 g/mol. The zero-order valence-electron chi connectivity index (χ0n) is 15.9. The minimum Gasteiger partial charge on any atom is -0.376 e. The van der Waals surface area contributed by atoms with Gasteiger partial charge in [-0.3, -0.25) is 9.69 Å². The Morgan fingerprint density at radius 3 is 3.00 bits per heavy atom. The summed E-state index contributed by atoms with van der Waals surface area (Å²) >= 11 is 6.34. The highest BCUT2D eigenvalue weighted by molar-refractivity contribution is 6.31. The number of carbonyl (C=O) groups is 1. The van der Waals surface area contributed by atoms with Crippen molar-refractivity contribution in [1.82, 2.24) is 25.6 Å². The van der Waals surface area contributed by atoms with Gasteiger partial charge in [-0.15, -0.1) is 0 Å². The number of benzene rings is 2. The maximum Gasteiger partial charge on any atom is 0.251 e. The van der Waals surface area contributed by atoms with Crippen LogP contribution in [0.4, 0.5) is 4.39 Å². The SMILES string of the molecule is CC1CN(C(CNC(=O)c2ccc3n[nH]nc3c2)c2c(F)cccc2Cl)CCO1. The Labute approximate surface area is 172 Å². The van der Waals surface area contributed by atoms with E-state index in [0.717, 1.165) is 0 Å². The van der Waals surface area contributed by atoms with E-state index in [9.17, 15) is 9.18 Å². The van der Waals surface area contributed by atoms with Crippen molar-refractivity contribution >= 4 is 28.5 Å². The minimum absolute atomic E-state index is 0.0158. The summed E-state index contributed by atoms with van der Waals surface area (Å²) in [6.07, 6.45) is 0.0158. The fourth-order valence-corrected chi connectivity index (χ4v) is 3.93. The predicted molar refractivity (Wildman–Crippen MR) is 107 cm³/mol. The molecule has 2 atom stereocenters. The lowest BCUT2D eigenvalue weighted by molar-refractivity contribution is -0.0346. The quantitative estimate of drug-likeness (QED) is 0.667. The maximum absolute atomic E-state index is 14.7. The molecule has 2 heterocycles. The third-order valence-corrected chi connectivity index (χ3v) is 5.41. The van der Waals surface area contributed by atoms with Gasteiger partial charge in [0.15, 0.2) is 0 Å². The Bertz CT molecular complexity index is 1010. The lowest BCUT2D eigenvalue weighted by Crippen LogP contribution is -2.47. The van der Waals surface area contributed by atoms with Crippen molar-refractivity contribution in [3.05, 3.63) is 58.4 Å². The number of aromatic amines is 1. The molecule has 2 N–H and O–H groups in total. The summed E-state index contributed by atoms with van der Waals surface area (Å²) in [7, 11) is 0. The van der Waals surface area contributed by atoms with Gasteiger partial charge in [-0.25, -0.2) is 4.39 Å². The number of aromatic nitrogens is 3. The predicted octanol–water partition coefficient (Wildman–Crippen LogP) is 2.94. The molecule has 1 fully saturated rings. The Morgan fingerprint density at radius 1 is 1.38 bits per heavy atom. The molecular formula is C20H21ClFN5O2. The highest BCUT2D eigenvalue weighted by Crippen LogP contribution is 2.31. The highest BCUT2D eigenvalue weighted by atomic mass is 35.5. The lowest BCUT2D eigenvalue weighted by Gasteiger charge is -2.38. The first-order valence-corrected chi connectivity index (χ1v) is 9.79. The number of nitrogens with one attached hydrogen (secondary N) is 2. The second-order valence-electron chi connectivity index (χ2n) is 7.06. The van der Waals surface area contributed by atoms with Gasteiger partial charge in [-0.05, 0) is 37.3 Å². The normalized spacial score (nSPS) is 18.7. The van der Waals surface area contributed by atoms with Gasteiger partial charge >= 0.3 is 0 Å². The number of carbonyl (C=O) groups excluding carboxylic acids is 1. The zero-order valence-corrected chi connectivity index (χ0v) is 16.6. The Balaban J connectivity index is 1.57. The fraction of sp³-hybridized carbons (Fsp3) is 0.350. The molecule has 0 spiro atoms. The van der Waals surface area contributed by atoms with Gasteiger partial charge in [0.25, 0.3) is 5.91 Å². The third-order valence-electron chi connectivity index (χ3n) is 5.08. The number of ether oxygens (including phenoxy) is 1. The van der Waals surface area contributed by atoms with E-state index in [1.165, 1.54) is 6.07 Å². The standard InChI is InChI=1S/C20H21ClFN5O2/c1-12-11-27(7-8-29-12)18(19-14(21)3-2-4-15(19)22)10-23-20(28)13-5-6-16-17(9-13)25-26-24-16/h2-6,9,12,18H,7-8,10-11H2,1H3,(H,23,28)(H,24,25,26). The van der Waals surface area contributed by atoms with E-state index in [1.54, 1.807) is 30.3 Å². The molecule has 7 nitrogen and oxygen atoms in total. The molecule has 1 amide bonds. The summed E-state index contributed by atoms with van der Waals surface area (Å²) in [5.41, 5.74) is 2.13. The first-order chi connectivity index (χ1) is 14.0. The van der Waals surface area contributed by atoms with Crippen LogP contribution in [-0.2, 0) is 4.74 Å². The van der Waals surface area contributed by atoms with Crippen molar-refractivity contribution in [2.24, 2.45) is 0 Å². The van der Waals surface area contributed by atoms with Gasteiger partial charge in [0.05, 0.1) is 18.8 Å². The molecule has 29 heavy (non-hydrogen) atoms. The number of fused-ring (bicyclic) bond motifs is 1. The van der Waals surface area contributed by atoms with Crippen molar-refractivity contribution in [2.45, 2.75) is 19.1 Å².